The fraction of sp³-hybridized carbons (Fsp3) is 0.846. The van der Waals surface area contributed by atoms with Crippen molar-refractivity contribution in [2.24, 2.45) is 0 Å². The van der Waals surface area contributed by atoms with Crippen LogP contribution in [0, 0.1) is 0 Å². The van der Waals surface area contributed by atoms with E-state index in [0.29, 0.717) is 13.0 Å². The third kappa shape index (κ3) is 10.3. The number of ether oxygens (including phenoxy) is 1. The van der Waals surface area contributed by atoms with Gasteiger partial charge in [0.15, 0.2) is 0 Å². The molecule has 0 fully saturated rings. The van der Waals surface area contributed by atoms with Crippen LogP contribution in [-0.2, 0) is 9.53 Å². The first-order valence-corrected chi connectivity index (χ1v) is 6.88. The predicted molar refractivity (Wildman–Crippen MR) is 73.2 cm³/mol. The van der Waals surface area contributed by atoms with Gasteiger partial charge in [0.25, 0.3) is 0 Å². The molecule has 0 rings (SSSR count). The van der Waals surface area contributed by atoms with Gasteiger partial charge in [-0.3, -0.25) is 0 Å². The molecule has 0 aromatic heterocycles. The van der Waals surface area contributed by atoms with Crippen molar-refractivity contribution in [1.29, 1.82) is 0 Å². The smallest absolute Gasteiger partial charge is 0.326 e. The summed E-state index contributed by atoms with van der Waals surface area (Å²) in [4.78, 5) is 22.4. The van der Waals surface area contributed by atoms with Gasteiger partial charge in [0.2, 0.25) is 0 Å². The molecule has 0 aromatic carbocycles. The van der Waals surface area contributed by atoms with E-state index in [1.54, 1.807) is 7.11 Å². The Morgan fingerprint density at radius 2 is 1.95 bits per heavy atom. The number of carboxylic acids is 1. The average molecular weight is 274 g/mol. The maximum atomic E-state index is 11.5. The Balaban J connectivity index is 3.71. The molecule has 0 aliphatic heterocycles. The molecule has 19 heavy (non-hydrogen) atoms. The molecule has 112 valence electrons. The van der Waals surface area contributed by atoms with Crippen LogP contribution in [0.3, 0.4) is 0 Å². The number of rotatable bonds is 11. The zero-order chi connectivity index (χ0) is 14.5. The van der Waals surface area contributed by atoms with Crippen molar-refractivity contribution in [1.82, 2.24) is 10.6 Å². The first-order chi connectivity index (χ1) is 9.11. The van der Waals surface area contributed by atoms with Crippen molar-refractivity contribution in [3.63, 3.8) is 0 Å². The Morgan fingerprint density at radius 3 is 2.53 bits per heavy atom. The normalized spacial score (nSPS) is 11.9. The molecule has 0 heterocycles. The minimum Gasteiger partial charge on any atom is -0.480 e. The Labute approximate surface area is 114 Å². The lowest BCUT2D eigenvalue weighted by Gasteiger charge is -2.14. The van der Waals surface area contributed by atoms with Gasteiger partial charge in [-0.25, -0.2) is 9.59 Å². The van der Waals surface area contributed by atoms with Gasteiger partial charge in [-0.1, -0.05) is 19.8 Å². The first kappa shape index (κ1) is 17.7. The van der Waals surface area contributed by atoms with Crippen molar-refractivity contribution in [3.05, 3.63) is 0 Å². The second-order valence-electron chi connectivity index (χ2n) is 4.49. The SMILES string of the molecule is CCCCC(NC(=O)NCCCCCOC)C(=O)O. The Kier molecular flexibility index (Phi) is 11.0. The quantitative estimate of drug-likeness (QED) is 0.501. The Morgan fingerprint density at radius 1 is 1.21 bits per heavy atom. The lowest BCUT2D eigenvalue weighted by atomic mass is 10.1. The zero-order valence-electron chi connectivity index (χ0n) is 11.9. The molecule has 1 unspecified atom stereocenters. The van der Waals surface area contributed by atoms with Crippen LogP contribution in [0.2, 0.25) is 0 Å². The third-order valence-electron chi connectivity index (χ3n) is 2.76. The van der Waals surface area contributed by atoms with Crippen molar-refractivity contribution in [2.45, 2.75) is 51.5 Å². The highest BCUT2D eigenvalue weighted by molar-refractivity contribution is 5.82. The van der Waals surface area contributed by atoms with Gasteiger partial charge in [0.05, 0.1) is 0 Å². The highest BCUT2D eigenvalue weighted by atomic mass is 16.5. The summed E-state index contributed by atoms with van der Waals surface area (Å²) < 4.78 is 4.92. The van der Waals surface area contributed by atoms with E-state index in [-0.39, 0.29) is 0 Å². The lowest BCUT2D eigenvalue weighted by Crippen LogP contribution is -2.46. The number of aliphatic carboxylic acids is 1. The predicted octanol–water partition coefficient (Wildman–Crippen LogP) is 1.75. The maximum absolute atomic E-state index is 11.5. The topological polar surface area (TPSA) is 87.7 Å². The summed E-state index contributed by atoms with van der Waals surface area (Å²) in [6.07, 6.45) is 4.97. The van der Waals surface area contributed by atoms with E-state index < -0.39 is 18.0 Å². The van der Waals surface area contributed by atoms with Crippen LogP contribution in [0.25, 0.3) is 0 Å². The summed E-state index contributed by atoms with van der Waals surface area (Å²) in [5.41, 5.74) is 0. The van der Waals surface area contributed by atoms with Gasteiger partial charge in [0, 0.05) is 20.3 Å². The van der Waals surface area contributed by atoms with Gasteiger partial charge in [-0.15, -0.1) is 0 Å². The molecule has 3 N–H and O–H groups in total. The number of amides is 2. The largest absolute Gasteiger partial charge is 0.480 e. The summed E-state index contributed by atoms with van der Waals surface area (Å²) in [6, 6.07) is -1.20. The maximum Gasteiger partial charge on any atom is 0.326 e. The molecule has 0 aliphatic carbocycles. The van der Waals surface area contributed by atoms with Crippen LogP contribution in [-0.4, -0.2) is 43.4 Å². The van der Waals surface area contributed by atoms with Gasteiger partial charge in [-0.05, 0) is 25.7 Å². The standard InChI is InChI=1S/C13H26N2O4/c1-3-4-8-11(12(16)17)15-13(18)14-9-6-5-7-10-19-2/h11H,3-10H2,1-2H3,(H,16,17)(H2,14,15,18). The first-order valence-electron chi connectivity index (χ1n) is 6.88. The van der Waals surface area contributed by atoms with Gasteiger partial charge in [-0.2, -0.15) is 0 Å². The summed E-state index contributed by atoms with van der Waals surface area (Å²) in [7, 11) is 1.66. The number of urea groups is 1. The molecular formula is C13H26N2O4. The van der Waals surface area contributed by atoms with E-state index in [9.17, 15) is 9.59 Å². The molecule has 0 radical (unpaired) electrons. The van der Waals surface area contributed by atoms with Crippen molar-refractivity contribution in [3.8, 4) is 0 Å². The molecule has 0 saturated heterocycles. The van der Waals surface area contributed by atoms with Gasteiger partial charge in [0.1, 0.15) is 6.04 Å². The highest BCUT2D eigenvalue weighted by Gasteiger charge is 2.18. The van der Waals surface area contributed by atoms with E-state index in [1.165, 1.54) is 0 Å². The monoisotopic (exact) mass is 274 g/mol. The molecule has 2 amide bonds. The average Bonchev–Trinajstić information content (AvgIpc) is 2.38. The Hall–Kier alpha value is -1.30. The summed E-state index contributed by atoms with van der Waals surface area (Å²) in [6.45, 7) is 3.26. The molecular weight excluding hydrogens is 248 g/mol. The molecule has 6 nitrogen and oxygen atoms in total. The molecule has 0 spiro atoms. The van der Waals surface area contributed by atoms with E-state index in [4.69, 9.17) is 9.84 Å². The molecule has 6 heteroatoms. The van der Waals surface area contributed by atoms with Gasteiger partial charge >= 0.3 is 12.0 Å². The second kappa shape index (κ2) is 11.8. The second-order valence-corrected chi connectivity index (χ2v) is 4.49. The van der Waals surface area contributed by atoms with Crippen molar-refractivity contribution >= 4 is 12.0 Å². The lowest BCUT2D eigenvalue weighted by molar-refractivity contribution is -0.139. The summed E-state index contributed by atoms with van der Waals surface area (Å²) in [5, 5.41) is 14.1. The number of nitrogens with one attached hydrogen (secondary N) is 2. The molecule has 0 aromatic rings. The fourth-order valence-electron chi connectivity index (χ4n) is 1.63. The number of methoxy groups -OCH3 is 1. The van der Waals surface area contributed by atoms with Crippen LogP contribution in [0.1, 0.15) is 45.4 Å². The zero-order valence-corrected chi connectivity index (χ0v) is 11.9. The number of hydrogen-bond donors (Lipinski definition) is 3. The van der Waals surface area contributed by atoms with E-state index in [1.807, 2.05) is 6.92 Å². The van der Waals surface area contributed by atoms with E-state index in [2.05, 4.69) is 10.6 Å². The number of carboxylic acid groups (broad SMARTS) is 1. The van der Waals surface area contributed by atoms with Crippen molar-refractivity contribution < 1.29 is 19.4 Å². The number of unbranched alkanes of at least 4 members (excludes halogenated alkanes) is 3. The third-order valence-corrected chi connectivity index (χ3v) is 2.76. The minimum absolute atomic E-state index is 0.407. The van der Waals surface area contributed by atoms with E-state index in [0.717, 1.165) is 38.7 Å². The Bertz CT molecular complexity index is 259. The number of carbonyl (C=O) groups excluding carboxylic acids is 1. The van der Waals surface area contributed by atoms with E-state index >= 15 is 0 Å². The van der Waals surface area contributed by atoms with Crippen molar-refractivity contribution in [2.75, 3.05) is 20.3 Å². The van der Waals surface area contributed by atoms with Crippen LogP contribution >= 0.6 is 0 Å². The highest BCUT2D eigenvalue weighted by Crippen LogP contribution is 2.00. The molecule has 0 aliphatic rings. The van der Waals surface area contributed by atoms with Crippen LogP contribution in [0.4, 0.5) is 4.79 Å². The van der Waals surface area contributed by atoms with Crippen LogP contribution in [0.15, 0.2) is 0 Å². The minimum atomic E-state index is -0.983. The number of hydrogen-bond acceptors (Lipinski definition) is 3. The summed E-state index contributed by atoms with van der Waals surface area (Å²) in [5.74, 6) is -0.983. The number of carbonyl (C=O) groups is 2. The summed E-state index contributed by atoms with van der Waals surface area (Å²) >= 11 is 0. The molecule has 0 bridgehead atoms. The molecule has 1 atom stereocenters. The van der Waals surface area contributed by atoms with Crippen LogP contribution < -0.4 is 10.6 Å². The van der Waals surface area contributed by atoms with Gasteiger partial charge < -0.3 is 20.5 Å². The van der Waals surface area contributed by atoms with Crippen LogP contribution in [0.5, 0.6) is 0 Å². The molecule has 0 saturated carbocycles. The fourth-order valence-corrected chi connectivity index (χ4v) is 1.63.